The molecule has 186 valence electrons. The van der Waals surface area contributed by atoms with Gasteiger partial charge < -0.3 is 25.2 Å². The lowest BCUT2D eigenvalue weighted by Crippen LogP contribution is -2.47. The largest absolute Gasteiger partial charge is 0.480 e. The van der Waals surface area contributed by atoms with Gasteiger partial charge in [-0.3, -0.25) is 9.59 Å². The van der Waals surface area contributed by atoms with Crippen molar-refractivity contribution in [3.8, 4) is 11.1 Å². The van der Waals surface area contributed by atoms with Gasteiger partial charge in [0.15, 0.2) is 0 Å². The lowest BCUT2D eigenvalue weighted by atomic mass is 9.98. The summed E-state index contributed by atoms with van der Waals surface area (Å²) < 4.78 is 9.98. The van der Waals surface area contributed by atoms with E-state index in [-0.39, 0.29) is 19.1 Å². The summed E-state index contributed by atoms with van der Waals surface area (Å²) in [5.41, 5.74) is 4.43. The Morgan fingerprint density at radius 3 is 2.14 bits per heavy atom. The van der Waals surface area contributed by atoms with E-state index in [1.54, 1.807) is 0 Å². The van der Waals surface area contributed by atoms with Gasteiger partial charge in [0.25, 0.3) is 0 Å². The number of methoxy groups -OCH3 is 1. The number of rotatable bonds is 11. The van der Waals surface area contributed by atoms with Crippen LogP contribution < -0.4 is 10.6 Å². The quantitative estimate of drug-likeness (QED) is 0.420. The van der Waals surface area contributed by atoms with Gasteiger partial charge in [-0.15, -0.1) is 0 Å². The number of ether oxygens (including phenoxy) is 2. The van der Waals surface area contributed by atoms with Crippen LogP contribution in [-0.2, 0) is 23.9 Å². The zero-order valence-corrected chi connectivity index (χ0v) is 19.8. The molecule has 9 heteroatoms. The molecule has 0 heterocycles. The van der Waals surface area contributed by atoms with Crippen molar-refractivity contribution in [2.45, 2.75) is 38.1 Å². The highest BCUT2D eigenvalue weighted by Crippen LogP contribution is 2.44. The van der Waals surface area contributed by atoms with Crippen LogP contribution in [-0.4, -0.2) is 55.3 Å². The lowest BCUT2D eigenvalue weighted by Gasteiger charge is -2.20. The highest BCUT2D eigenvalue weighted by Gasteiger charge is 2.30. The molecular weight excluding hydrogens is 452 g/mol. The summed E-state index contributed by atoms with van der Waals surface area (Å²) in [6.45, 7) is 1.99. The van der Waals surface area contributed by atoms with Crippen LogP contribution >= 0.6 is 0 Å². The van der Waals surface area contributed by atoms with Gasteiger partial charge in [0, 0.05) is 12.5 Å². The van der Waals surface area contributed by atoms with Crippen molar-refractivity contribution in [3.05, 3.63) is 59.7 Å². The van der Waals surface area contributed by atoms with Crippen LogP contribution in [0.5, 0.6) is 0 Å². The van der Waals surface area contributed by atoms with Crippen LogP contribution in [0.15, 0.2) is 48.5 Å². The number of nitrogens with one attached hydrogen (secondary N) is 2. The Balaban J connectivity index is 1.57. The molecule has 0 aliphatic heterocycles. The molecule has 1 aliphatic carbocycles. The number of fused-ring (bicyclic) bond motifs is 3. The Morgan fingerprint density at radius 2 is 1.60 bits per heavy atom. The van der Waals surface area contributed by atoms with Gasteiger partial charge in [-0.25, -0.2) is 9.59 Å². The number of amides is 2. The van der Waals surface area contributed by atoms with Crippen molar-refractivity contribution in [2.24, 2.45) is 5.92 Å². The molecule has 0 bridgehead atoms. The highest BCUT2D eigenvalue weighted by atomic mass is 16.5. The number of carboxylic acids is 1. The number of carboxylic acid groups (broad SMARTS) is 1. The first-order valence-electron chi connectivity index (χ1n) is 11.5. The average molecular weight is 483 g/mol. The zero-order chi connectivity index (χ0) is 25.4. The molecular formula is C26H30N2O7. The third-order valence-corrected chi connectivity index (χ3v) is 6.06. The standard InChI is InChI=1S/C26H30N2O7/c1-3-8-16(24(30)28-22(25(31)32)13-23(29)34-2)14-27-26(33)35-15-21-19-11-6-4-9-17(19)18-10-5-7-12-20(18)21/h4-7,9-12,16,21-22H,3,8,13-15H2,1-2H3,(H,27,33)(H,28,30)(H,31,32)/t16?,22-/m1/s1. The second-order valence-electron chi connectivity index (χ2n) is 8.37. The second kappa shape index (κ2) is 12.0. The number of carbonyl (C=O) groups excluding carboxylic acids is 3. The fraction of sp³-hybridized carbons (Fsp3) is 0.385. The maximum atomic E-state index is 12.7. The number of esters is 1. The lowest BCUT2D eigenvalue weighted by molar-refractivity contribution is -0.149. The summed E-state index contributed by atoms with van der Waals surface area (Å²) in [5, 5.41) is 14.3. The van der Waals surface area contributed by atoms with Crippen molar-refractivity contribution in [1.29, 1.82) is 0 Å². The van der Waals surface area contributed by atoms with Gasteiger partial charge in [-0.05, 0) is 28.7 Å². The fourth-order valence-electron chi connectivity index (χ4n) is 4.27. The van der Waals surface area contributed by atoms with E-state index in [1.807, 2.05) is 55.5 Å². The van der Waals surface area contributed by atoms with Crippen molar-refractivity contribution in [3.63, 3.8) is 0 Å². The first-order valence-corrected chi connectivity index (χ1v) is 11.5. The number of aliphatic carboxylic acids is 1. The van der Waals surface area contributed by atoms with E-state index >= 15 is 0 Å². The van der Waals surface area contributed by atoms with Crippen LogP contribution in [0.25, 0.3) is 11.1 Å². The van der Waals surface area contributed by atoms with E-state index in [9.17, 15) is 24.3 Å². The van der Waals surface area contributed by atoms with Crippen LogP contribution in [0, 0.1) is 5.92 Å². The van der Waals surface area contributed by atoms with Gasteiger partial charge in [-0.2, -0.15) is 0 Å². The van der Waals surface area contributed by atoms with Gasteiger partial charge in [0.05, 0.1) is 19.4 Å². The Hall–Kier alpha value is -3.88. The topological polar surface area (TPSA) is 131 Å². The van der Waals surface area contributed by atoms with Crippen molar-refractivity contribution < 1.29 is 33.8 Å². The summed E-state index contributed by atoms with van der Waals surface area (Å²) >= 11 is 0. The smallest absolute Gasteiger partial charge is 0.407 e. The minimum atomic E-state index is -1.41. The third kappa shape index (κ3) is 6.38. The van der Waals surface area contributed by atoms with Gasteiger partial charge in [0.2, 0.25) is 5.91 Å². The van der Waals surface area contributed by atoms with Crippen LogP contribution in [0.1, 0.15) is 43.2 Å². The van der Waals surface area contributed by atoms with E-state index in [0.29, 0.717) is 12.8 Å². The summed E-state index contributed by atoms with van der Waals surface area (Å²) in [5.74, 6) is -3.43. The molecule has 2 atom stereocenters. The fourth-order valence-corrected chi connectivity index (χ4v) is 4.27. The molecule has 0 saturated heterocycles. The molecule has 3 rings (SSSR count). The predicted molar refractivity (Wildman–Crippen MR) is 128 cm³/mol. The number of carbonyl (C=O) groups is 4. The van der Waals surface area contributed by atoms with Gasteiger partial charge in [-0.1, -0.05) is 61.9 Å². The Kier molecular flexibility index (Phi) is 8.83. The molecule has 0 saturated carbocycles. The summed E-state index contributed by atoms with van der Waals surface area (Å²) in [6.07, 6.45) is -0.0970. The maximum Gasteiger partial charge on any atom is 0.407 e. The van der Waals surface area contributed by atoms with Gasteiger partial charge >= 0.3 is 18.0 Å². The average Bonchev–Trinajstić information content (AvgIpc) is 3.18. The Bertz CT molecular complexity index is 1040. The van der Waals surface area contributed by atoms with E-state index in [0.717, 1.165) is 29.4 Å². The van der Waals surface area contributed by atoms with Crippen LogP contribution in [0.4, 0.5) is 4.79 Å². The second-order valence-corrected chi connectivity index (χ2v) is 8.37. The molecule has 1 unspecified atom stereocenters. The number of benzene rings is 2. The normalized spacial score (nSPS) is 13.7. The molecule has 0 spiro atoms. The molecule has 0 fully saturated rings. The van der Waals surface area contributed by atoms with E-state index < -0.39 is 42.3 Å². The van der Waals surface area contributed by atoms with E-state index in [4.69, 9.17) is 4.74 Å². The summed E-state index contributed by atoms with van der Waals surface area (Å²) in [4.78, 5) is 48.0. The van der Waals surface area contributed by atoms with Crippen LogP contribution in [0.3, 0.4) is 0 Å². The highest BCUT2D eigenvalue weighted by molar-refractivity contribution is 5.88. The number of alkyl carbamates (subject to hydrolysis) is 1. The number of hydrogen-bond donors (Lipinski definition) is 3. The zero-order valence-electron chi connectivity index (χ0n) is 19.8. The third-order valence-electron chi connectivity index (χ3n) is 6.06. The molecule has 0 aromatic heterocycles. The molecule has 9 nitrogen and oxygen atoms in total. The minimum absolute atomic E-state index is 0.0269. The number of hydrogen-bond acceptors (Lipinski definition) is 6. The SMILES string of the molecule is CCCC(CNC(=O)OCC1c2ccccc2-c2ccccc21)C(=O)N[C@H](CC(=O)OC)C(=O)O. The monoisotopic (exact) mass is 482 g/mol. The molecule has 1 aliphatic rings. The Morgan fingerprint density at radius 1 is 1.00 bits per heavy atom. The van der Waals surface area contributed by atoms with Crippen molar-refractivity contribution >= 4 is 23.9 Å². The summed E-state index contributed by atoms with van der Waals surface area (Å²) in [6, 6.07) is 14.6. The minimum Gasteiger partial charge on any atom is -0.480 e. The summed E-state index contributed by atoms with van der Waals surface area (Å²) in [7, 11) is 1.14. The molecule has 35 heavy (non-hydrogen) atoms. The molecule has 0 radical (unpaired) electrons. The molecule has 2 amide bonds. The predicted octanol–water partition coefficient (Wildman–Crippen LogP) is 3.07. The Labute approximate surface area is 203 Å². The van der Waals surface area contributed by atoms with Crippen molar-refractivity contribution in [1.82, 2.24) is 10.6 Å². The van der Waals surface area contributed by atoms with Gasteiger partial charge in [0.1, 0.15) is 12.6 Å². The molecule has 2 aromatic carbocycles. The van der Waals surface area contributed by atoms with Crippen molar-refractivity contribution in [2.75, 3.05) is 20.3 Å². The maximum absolute atomic E-state index is 12.7. The first-order chi connectivity index (χ1) is 16.8. The molecule has 3 N–H and O–H groups in total. The van der Waals surface area contributed by atoms with E-state index in [2.05, 4.69) is 15.4 Å². The first kappa shape index (κ1) is 25.7. The van der Waals surface area contributed by atoms with E-state index in [1.165, 1.54) is 0 Å². The molecule has 2 aromatic rings. The van der Waals surface area contributed by atoms with Crippen LogP contribution in [0.2, 0.25) is 0 Å².